The molecular formula is C15H18BrN3. The molecule has 1 aliphatic heterocycles. The third-order valence-corrected chi connectivity index (χ3v) is 4.38. The minimum Gasteiger partial charge on any atom is -0.328 e. The molecule has 0 aliphatic carbocycles. The van der Waals surface area contributed by atoms with Gasteiger partial charge in [0.05, 0.1) is 0 Å². The van der Waals surface area contributed by atoms with Crippen LogP contribution in [0.1, 0.15) is 18.9 Å². The predicted octanol–water partition coefficient (Wildman–Crippen LogP) is 3.58. The lowest BCUT2D eigenvalue weighted by molar-refractivity contribution is 0.222. The van der Waals surface area contributed by atoms with Crippen LogP contribution in [0.15, 0.2) is 41.1 Å². The molecule has 2 heterocycles. The van der Waals surface area contributed by atoms with E-state index in [0.717, 1.165) is 10.3 Å². The third-order valence-electron chi connectivity index (χ3n) is 3.85. The Hall–Kier alpha value is -1.13. The van der Waals surface area contributed by atoms with Crippen molar-refractivity contribution in [2.45, 2.75) is 18.9 Å². The molecule has 1 aliphatic rings. The van der Waals surface area contributed by atoms with Gasteiger partial charge in [-0.25, -0.2) is 4.98 Å². The van der Waals surface area contributed by atoms with E-state index in [9.17, 15) is 0 Å². The van der Waals surface area contributed by atoms with E-state index in [-0.39, 0.29) is 0 Å². The summed E-state index contributed by atoms with van der Waals surface area (Å²) in [5.41, 5.74) is 1.19. The number of piperidine rings is 1. The Morgan fingerprint density at radius 2 is 1.84 bits per heavy atom. The van der Waals surface area contributed by atoms with Crippen LogP contribution in [0.3, 0.4) is 0 Å². The topological polar surface area (TPSA) is 21.1 Å². The fraction of sp³-hybridized carbons (Fsp3) is 0.400. The summed E-state index contributed by atoms with van der Waals surface area (Å²) < 4.78 is 3.45. The molecule has 1 fully saturated rings. The van der Waals surface area contributed by atoms with Gasteiger partial charge in [-0.3, -0.25) is 0 Å². The predicted molar refractivity (Wildman–Crippen MR) is 81.1 cm³/mol. The van der Waals surface area contributed by atoms with Gasteiger partial charge in [-0.15, -0.1) is 0 Å². The van der Waals surface area contributed by atoms with Gasteiger partial charge in [-0.05, 0) is 45.1 Å². The molecule has 100 valence electrons. The third kappa shape index (κ3) is 2.74. The number of rotatable bonds is 2. The average molecular weight is 320 g/mol. The summed E-state index contributed by atoms with van der Waals surface area (Å²) in [5.74, 6) is 1.09. The number of nitrogens with zero attached hydrogens (tertiary/aromatic N) is 3. The van der Waals surface area contributed by atoms with Crippen LogP contribution in [0.2, 0.25) is 0 Å². The molecule has 3 rings (SSSR count). The number of hydrogen-bond donors (Lipinski definition) is 0. The van der Waals surface area contributed by atoms with Gasteiger partial charge in [0.1, 0.15) is 5.82 Å². The van der Waals surface area contributed by atoms with Gasteiger partial charge in [0, 0.05) is 28.5 Å². The largest absolute Gasteiger partial charge is 0.328 e. The highest BCUT2D eigenvalue weighted by Crippen LogP contribution is 2.28. The van der Waals surface area contributed by atoms with E-state index in [4.69, 9.17) is 0 Å². The smallest absolute Gasteiger partial charge is 0.140 e. The molecule has 19 heavy (non-hydrogen) atoms. The summed E-state index contributed by atoms with van der Waals surface area (Å²) in [5, 5.41) is 0. The van der Waals surface area contributed by atoms with Crippen LogP contribution >= 0.6 is 15.9 Å². The van der Waals surface area contributed by atoms with Crippen LogP contribution in [-0.4, -0.2) is 34.6 Å². The van der Waals surface area contributed by atoms with Crippen molar-refractivity contribution in [1.82, 2.24) is 14.5 Å². The van der Waals surface area contributed by atoms with Crippen LogP contribution in [0.4, 0.5) is 0 Å². The molecule has 3 nitrogen and oxygen atoms in total. The highest BCUT2D eigenvalue weighted by molar-refractivity contribution is 9.10. The zero-order valence-electron chi connectivity index (χ0n) is 11.1. The van der Waals surface area contributed by atoms with Crippen LogP contribution in [0.5, 0.6) is 0 Å². The molecule has 0 N–H and O–H groups in total. The van der Waals surface area contributed by atoms with Crippen LogP contribution in [-0.2, 0) is 0 Å². The van der Waals surface area contributed by atoms with E-state index in [2.05, 4.69) is 67.9 Å². The van der Waals surface area contributed by atoms with E-state index in [1.165, 1.54) is 31.5 Å². The number of hydrogen-bond acceptors (Lipinski definition) is 2. The summed E-state index contributed by atoms with van der Waals surface area (Å²) in [7, 11) is 2.19. The van der Waals surface area contributed by atoms with Crippen molar-refractivity contribution in [1.29, 1.82) is 0 Å². The van der Waals surface area contributed by atoms with Crippen LogP contribution < -0.4 is 0 Å². The standard InChI is InChI=1S/C15H18BrN3/c1-18-9-6-14(7-10-18)19-11-8-17-15(19)12-2-4-13(16)5-3-12/h2-5,8,11,14H,6-7,9-10H2,1H3. The Morgan fingerprint density at radius 1 is 1.16 bits per heavy atom. The van der Waals surface area contributed by atoms with E-state index < -0.39 is 0 Å². The lowest BCUT2D eigenvalue weighted by atomic mass is 10.0. The second-order valence-corrected chi connectivity index (χ2v) is 6.12. The molecule has 0 saturated carbocycles. The number of likely N-dealkylation sites (tertiary alicyclic amines) is 1. The zero-order chi connectivity index (χ0) is 13.2. The second-order valence-electron chi connectivity index (χ2n) is 5.20. The van der Waals surface area contributed by atoms with E-state index >= 15 is 0 Å². The van der Waals surface area contributed by atoms with Gasteiger partial charge >= 0.3 is 0 Å². The summed E-state index contributed by atoms with van der Waals surface area (Å²) in [6.45, 7) is 2.34. The molecule has 1 saturated heterocycles. The zero-order valence-corrected chi connectivity index (χ0v) is 12.7. The number of benzene rings is 1. The number of halogens is 1. The Labute approximate surface area is 122 Å². The van der Waals surface area contributed by atoms with E-state index in [1.54, 1.807) is 0 Å². The quantitative estimate of drug-likeness (QED) is 0.843. The van der Waals surface area contributed by atoms with Gasteiger partial charge in [0.2, 0.25) is 0 Å². The van der Waals surface area contributed by atoms with Crippen molar-refractivity contribution in [2.75, 3.05) is 20.1 Å². The lowest BCUT2D eigenvalue weighted by Crippen LogP contribution is -2.31. The fourth-order valence-corrected chi connectivity index (χ4v) is 2.97. The molecular weight excluding hydrogens is 302 g/mol. The van der Waals surface area contributed by atoms with Gasteiger partial charge in [0.25, 0.3) is 0 Å². The molecule has 1 aromatic heterocycles. The molecule has 0 spiro atoms. The van der Waals surface area contributed by atoms with Gasteiger partial charge < -0.3 is 9.47 Å². The molecule has 0 atom stereocenters. The average Bonchev–Trinajstić information content (AvgIpc) is 2.90. The first kappa shape index (κ1) is 12.9. The number of aromatic nitrogens is 2. The summed E-state index contributed by atoms with van der Waals surface area (Å²) in [6.07, 6.45) is 6.44. The Balaban J connectivity index is 1.88. The molecule has 0 radical (unpaired) electrons. The maximum Gasteiger partial charge on any atom is 0.140 e. The Kier molecular flexibility index (Phi) is 3.71. The first-order valence-electron chi connectivity index (χ1n) is 6.71. The summed E-state index contributed by atoms with van der Waals surface area (Å²) in [4.78, 5) is 6.94. The highest BCUT2D eigenvalue weighted by atomic mass is 79.9. The normalized spacial score (nSPS) is 17.8. The van der Waals surface area contributed by atoms with Crippen molar-refractivity contribution in [2.24, 2.45) is 0 Å². The van der Waals surface area contributed by atoms with Gasteiger partial charge in [0.15, 0.2) is 0 Å². The molecule has 1 aromatic carbocycles. The van der Waals surface area contributed by atoms with E-state index in [1.807, 2.05) is 6.20 Å². The molecule has 0 unspecified atom stereocenters. The molecule has 2 aromatic rings. The Bertz CT molecular complexity index is 539. The monoisotopic (exact) mass is 319 g/mol. The van der Waals surface area contributed by atoms with Crippen molar-refractivity contribution in [3.05, 3.63) is 41.1 Å². The van der Waals surface area contributed by atoms with Crippen LogP contribution in [0.25, 0.3) is 11.4 Å². The SMILES string of the molecule is CN1CCC(n2ccnc2-c2ccc(Br)cc2)CC1. The molecule has 0 bridgehead atoms. The Morgan fingerprint density at radius 3 is 2.53 bits per heavy atom. The lowest BCUT2D eigenvalue weighted by Gasteiger charge is -2.30. The van der Waals surface area contributed by atoms with Crippen molar-refractivity contribution in [3.8, 4) is 11.4 Å². The molecule has 0 amide bonds. The van der Waals surface area contributed by atoms with Crippen LogP contribution in [0, 0.1) is 0 Å². The maximum absolute atomic E-state index is 4.54. The number of imidazole rings is 1. The minimum absolute atomic E-state index is 0.581. The van der Waals surface area contributed by atoms with Gasteiger partial charge in [-0.1, -0.05) is 28.1 Å². The summed E-state index contributed by atoms with van der Waals surface area (Å²) >= 11 is 3.48. The van der Waals surface area contributed by atoms with E-state index in [0.29, 0.717) is 6.04 Å². The highest BCUT2D eigenvalue weighted by Gasteiger charge is 2.20. The minimum atomic E-state index is 0.581. The molecule has 4 heteroatoms. The summed E-state index contributed by atoms with van der Waals surface area (Å²) in [6, 6.07) is 8.97. The van der Waals surface area contributed by atoms with Gasteiger partial charge in [-0.2, -0.15) is 0 Å². The first-order chi connectivity index (χ1) is 9.24. The maximum atomic E-state index is 4.54. The van der Waals surface area contributed by atoms with Crippen molar-refractivity contribution in [3.63, 3.8) is 0 Å². The fourth-order valence-electron chi connectivity index (χ4n) is 2.70. The van der Waals surface area contributed by atoms with Crippen molar-refractivity contribution >= 4 is 15.9 Å². The van der Waals surface area contributed by atoms with Crippen molar-refractivity contribution < 1.29 is 0 Å². The second kappa shape index (κ2) is 5.47. The first-order valence-corrected chi connectivity index (χ1v) is 7.50.